The van der Waals surface area contributed by atoms with Crippen LogP contribution in [-0.4, -0.2) is 26.3 Å². The molecule has 1 atom stereocenters. The molecule has 0 bridgehead atoms. The predicted octanol–water partition coefficient (Wildman–Crippen LogP) is 3.25. The highest BCUT2D eigenvalue weighted by Gasteiger charge is 2.33. The van der Waals surface area contributed by atoms with Gasteiger partial charge in [-0.3, -0.25) is 0 Å². The summed E-state index contributed by atoms with van der Waals surface area (Å²) in [6, 6.07) is 6.61. The third kappa shape index (κ3) is 3.58. The van der Waals surface area contributed by atoms with Crippen LogP contribution in [0.3, 0.4) is 0 Å². The summed E-state index contributed by atoms with van der Waals surface area (Å²) >= 11 is 0. The van der Waals surface area contributed by atoms with Crippen molar-refractivity contribution in [3.8, 4) is 0 Å². The second-order valence-electron chi connectivity index (χ2n) is 5.98. The zero-order chi connectivity index (χ0) is 13.7. The van der Waals surface area contributed by atoms with Gasteiger partial charge in [0.2, 0.25) is 0 Å². The van der Waals surface area contributed by atoms with E-state index in [4.69, 9.17) is 4.74 Å². The first-order valence-corrected chi connectivity index (χ1v) is 7.50. The molecule has 1 aliphatic heterocycles. The molecule has 0 amide bonds. The lowest BCUT2D eigenvalue weighted by atomic mass is 9.75. The fraction of sp³-hybridized carbons (Fsp3) is 0.647. The van der Waals surface area contributed by atoms with Gasteiger partial charge in [-0.2, -0.15) is 0 Å². The number of aryl methyl sites for hydroxylation is 2. The van der Waals surface area contributed by atoms with Gasteiger partial charge in [-0.05, 0) is 56.3 Å². The molecule has 1 aromatic carbocycles. The van der Waals surface area contributed by atoms with Crippen molar-refractivity contribution in [2.24, 2.45) is 5.41 Å². The minimum atomic E-state index is 0.283. The van der Waals surface area contributed by atoms with Crippen LogP contribution in [0.15, 0.2) is 18.2 Å². The Balaban J connectivity index is 2.19. The van der Waals surface area contributed by atoms with Gasteiger partial charge in [0, 0.05) is 18.6 Å². The van der Waals surface area contributed by atoms with Gasteiger partial charge in [0.25, 0.3) is 0 Å². The molecule has 19 heavy (non-hydrogen) atoms. The van der Waals surface area contributed by atoms with Crippen molar-refractivity contribution >= 4 is 0 Å². The summed E-state index contributed by atoms with van der Waals surface area (Å²) < 4.78 is 5.79. The molecule has 0 saturated carbocycles. The molecular weight excluding hydrogens is 234 g/mol. The van der Waals surface area contributed by atoms with E-state index in [0.717, 1.165) is 32.7 Å². The van der Waals surface area contributed by atoms with Crippen LogP contribution in [0.1, 0.15) is 36.5 Å². The highest BCUT2D eigenvalue weighted by molar-refractivity contribution is 5.34. The van der Waals surface area contributed by atoms with Crippen LogP contribution in [0, 0.1) is 19.3 Å². The summed E-state index contributed by atoms with van der Waals surface area (Å²) in [5.41, 5.74) is 4.64. The molecule has 1 fully saturated rings. The van der Waals surface area contributed by atoms with Gasteiger partial charge in [0.1, 0.15) is 0 Å². The standard InChI is InChI=1S/C17H27NO/c1-4-18-12-17(9-6-10-19-13-17)11-16-14(2)7-5-8-15(16)3/h5,7-8,18H,4,6,9-13H2,1-3H3. The van der Waals surface area contributed by atoms with Crippen molar-refractivity contribution in [3.05, 3.63) is 34.9 Å². The molecule has 1 unspecified atom stereocenters. The number of ether oxygens (including phenoxy) is 1. The lowest BCUT2D eigenvalue weighted by molar-refractivity contribution is -0.00704. The van der Waals surface area contributed by atoms with E-state index in [9.17, 15) is 0 Å². The van der Waals surface area contributed by atoms with Gasteiger partial charge >= 0.3 is 0 Å². The predicted molar refractivity (Wildman–Crippen MR) is 80.6 cm³/mol. The summed E-state index contributed by atoms with van der Waals surface area (Å²) in [5.74, 6) is 0. The maximum absolute atomic E-state index is 5.79. The number of benzene rings is 1. The molecule has 1 saturated heterocycles. The SMILES string of the molecule is CCNCC1(Cc2c(C)cccc2C)CCCOC1. The van der Waals surface area contributed by atoms with E-state index < -0.39 is 0 Å². The summed E-state index contributed by atoms with van der Waals surface area (Å²) in [7, 11) is 0. The molecule has 0 aliphatic carbocycles. The molecule has 1 N–H and O–H groups in total. The van der Waals surface area contributed by atoms with Crippen LogP contribution < -0.4 is 5.32 Å². The lowest BCUT2D eigenvalue weighted by Crippen LogP contribution is -2.43. The van der Waals surface area contributed by atoms with Crippen molar-refractivity contribution in [1.29, 1.82) is 0 Å². The maximum Gasteiger partial charge on any atom is 0.0537 e. The summed E-state index contributed by atoms with van der Waals surface area (Å²) in [6.45, 7) is 10.6. The van der Waals surface area contributed by atoms with E-state index in [0.29, 0.717) is 0 Å². The van der Waals surface area contributed by atoms with Crippen molar-refractivity contribution in [1.82, 2.24) is 5.32 Å². The minimum absolute atomic E-state index is 0.283. The van der Waals surface area contributed by atoms with Crippen LogP contribution in [0.25, 0.3) is 0 Å². The van der Waals surface area contributed by atoms with Crippen molar-refractivity contribution < 1.29 is 4.74 Å². The number of hydrogen-bond donors (Lipinski definition) is 1. The van der Waals surface area contributed by atoms with E-state index >= 15 is 0 Å². The summed E-state index contributed by atoms with van der Waals surface area (Å²) in [4.78, 5) is 0. The van der Waals surface area contributed by atoms with Crippen LogP contribution in [0.2, 0.25) is 0 Å². The van der Waals surface area contributed by atoms with Crippen LogP contribution in [0.4, 0.5) is 0 Å². The van der Waals surface area contributed by atoms with Crippen molar-refractivity contribution in [3.63, 3.8) is 0 Å². The zero-order valence-corrected chi connectivity index (χ0v) is 12.6. The summed E-state index contributed by atoms with van der Waals surface area (Å²) in [5, 5.41) is 3.54. The Morgan fingerprint density at radius 1 is 1.26 bits per heavy atom. The molecule has 106 valence electrons. The molecule has 1 heterocycles. The van der Waals surface area contributed by atoms with E-state index in [1.807, 2.05) is 0 Å². The maximum atomic E-state index is 5.79. The highest BCUT2D eigenvalue weighted by Crippen LogP contribution is 2.34. The fourth-order valence-electron chi connectivity index (χ4n) is 3.14. The largest absolute Gasteiger partial charge is 0.381 e. The van der Waals surface area contributed by atoms with Gasteiger partial charge in [-0.1, -0.05) is 25.1 Å². The zero-order valence-electron chi connectivity index (χ0n) is 12.6. The third-order valence-electron chi connectivity index (χ3n) is 4.35. The molecule has 1 aliphatic rings. The molecule has 2 rings (SSSR count). The van der Waals surface area contributed by atoms with Gasteiger partial charge in [0.15, 0.2) is 0 Å². The first-order valence-electron chi connectivity index (χ1n) is 7.50. The van der Waals surface area contributed by atoms with Gasteiger partial charge in [-0.15, -0.1) is 0 Å². The highest BCUT2D eigenvalue weighted by atomic mass is 16.5. The number of hydrogen-bond acceptors (Lipinski definition) is 2. The van der Waals surface area contributed by atoms with E-state index in [1.165, 1.54) is 29.5 Å². The Bertz CT molecular complexity index is 387. The monoisotopic (exact) mass is 261 g/mol. The van der Waals surface area contributed by atoms with Gasteiger partial charge < -0.3 is 10.1 Å². The molecule has 2 heteroatoms. The van der Waals surface area contributed by atoms with E-state index in [-0.39, 0.29) is 5.41 Å². The first kappa shape index (κ1) is 14.5. The van der Waals surface area contributed by atoms with Crippen molar-refractivity contribution in [2.45, 2.75) is 40.0 Å². The Hall–Kier alpha value is -0.860. The van der Waals surface area contributed by atoms with Crippen LogP contribution in [-0.2, 0) is 11.2 Å². The Morgan fingerprint density at radius 2 is 2.00 bits per heavy atom. The molecule has 0 spiro atoms. The average molecular weight is 261 g/mol. The number of rotatable bonds is 5. The molecular formula is C17H27NO. The summed E-state index contributed by atoms with van der Waals surface area (Å²) in [6.07, 6.45) is 3.60. The second kappa shape index (κ2) is 6.53. The molecule has 0 aromatic heterocycles. The Labute approximate surface area is 117 Å². The van der Waals surface area contributed by atoms with Gasteiger partial charge in [0.05, 0.1) is 6.61 Å². The minimum Gasteiger partial charge on any atom is -0.381 e. The Kier molecular flexibility index (Phi) is 5.00. The Morgan fingerprint density at radius 3 is 2.58 bits per heavy atom. The fourth-order valence-corrected chi connectivity index (χ4v) is 3.14. The van der Waals surface area contributed by atoms with E-state index in [2.05, 4.69) is 44.3 Å². The van der Waals surface area contributed by atoms with Crippen LogP contribution >= 0.6 is 0 Å². The molecule has 1 aromatic rings. The van der Waals surface area contributed by atoms with Crippen LogP contribution in [0.5, 0.6) is 0 Å². The average Bonchev–Trinajstić information content (AvgIpc) is 2.42. The molecule has 0 radical (unpaired) electrons. The first-order chi connectivity index (χ1) is 9.17. The normalized spacial score (nSPS) is 23.5. The number of nitrogens with one attached hydrogen (secondary N) is 1. The lowest BCUT2D eigenvalue weighted by Gasteiger charge is -2.38. The quantitative estimate of drug-likeness (QED) is 0.878. The van der Waals surface area contributed by atoms with E-state index in [1.54, 1.807) is 0 Å². The smallest absolute Gasteiger partial charge is 0.0537 e. The van der Waals surface area contributed by atoms with Gasteiger partial charge in [-0.25, -0.2) is 0 Å². The third-order valence-corrected chi connectivity index (χ3v) is 4.35. The molecule has 2 nitrogen and oxygen atoms in total. The topological polar surface area (TPSA) is 21.3 Å². The van der Waals surface area contributed by atoms with Crippen molar-refractivity contribution in [2.75, 3.05) is 26.3 Å². The second-order valence-corrected chi connectivity index (χ2v) is 5.98.